The molecule has 5 heteroatoms. The van der Waals surface area contributed by atoms with Gasteiger partial charge in [-0.3, -0.25) is 10.00 Å². The zero-order valence-corrected chi connectivity index (χ0v) is 9.91. The fourth-order valence-corrected chi connectivity index (χ4v) is 2.11. The van der Waals surface area contributed by atoms with E-state index in [0.29, 0.717) is 11.5 Å². The topological polar surface area (TPSA) is 59.3 Å². The second-order valence-corrected chi connectivity index (χ2v) is 4.34. The molecule has 3 rings (SSSR count). The third-order valence-electron chi connectivity index (χ3n) is 3.02. The lowest BCUT2D eigenvalue weighted by atomic mass is 10.3. The number of ether oxygens (including phenoxy) is 1. The number of hydrogen-bond donors (Lipinski definition) is 2. The van der Waals surface area contributed by atoms with Gasteiger partial charge < -0.3 is 9.84 Å². The zero-order valence-electron chi connectivity index (χ0n) is 9.91. The molecule has 0 amide bonds. The standard InChI is InChI=1S/C13H15N3O2/c17-11-4-1-2-5-12(11)18-10-8-15-16(9-10)13-6-3-7-14-13/h1-2,4-5,8-9,13-14,17H,3,6-7H2. The first-order valence-electron chi connectivity index (χ1n) is 6.06. The van der Waals surface area contributed by atoms with Gasteiger partial charge in [0.1, 0.15) is 6.17 Å². The maximum Gasteiger partial charge on any atom is 0.169 e. The third-order valence-corrected chi connectivity index (χ3v) is 3.02. The number of nitrogens with one attached hydrogen (secondary N) is 1. The lowest BCUT2D eigenvalue weighted by Crippen LogP contribution is -2.19. The first-order valence-corrected chi connectivity index (χ1v) is 6.06. The Kier molecular flexibility index (Phi) is 2.90. The van der Waals surface area contributed by atoms with E-state index in [1.165, 1.54) is 6.42 Å². The van der Waals surface area contributed by atoms with Crippen molar-refractivity contribution in [1.29, 1.82) is 0 Å². The van der Waals surface area contributed by atoms with Gasteiger partial charge in [0, 0.05) is 0 Å². The summed E-state index contributed by atoms with van der Waals surface area (Å²) in [6, 6.07) is 6.89. The van der Waals surface area contributed by atoms with E-state index < -0.39 is 0 Å². The molecule has 1 atom stereocenters. The fourth-order valence-electron chi connectivity index (χ4n) is 2.11. The van der Waals surface area contributed by atoms with E-state index in [2.05, 4.69) is 10.4 Å². The van der Waals surface area contributed by atoms with Crippen LogP contribution in [-0.2, 0) is 0 Å². The van der Waals surface area contributed by atoms with Crippen molar-refractivity contribution in [2.45, 2.75) is 19.0 Å². The van der Waals surface area contributed by atoms with Gasteiger partial charge in [0.25, 0.3) is 0 Å². The van der Waals surface area contributed by atoms with Crippen LogP contribution in [-0.4, -0.2) is 21.4 Å². The van der Waals surface area contributed by atoms with Crippen molar-refractivity contribution in [3.05, 3.63) is 36.7 Å². The third kappa shape index (κ3) is 2.17. The molecule has 1 unspecified atom stereocenters. The Bertz CT molecular complexity index is 533. The molecule has 5 nitrogen and oxygen atoms in total. The highest BCUT2D eigenvalue weighted by Crippen LogP contribution is 2.30. The summed E-state index contributed by atoms with van der Waals surface area (Å²) in [4.78, 5) is 0. The van der Waals surface area contributed by atoms with Crippen molar-refractivity contribution >= 4 is 0 Å². The van der Waals surface area contributed by atoms with Gasteiger partial charge in [-0.2, -0.15) is 5.10 Å². The lowest BCUT2D eigenvalue weighted by molar-refractivity contribution is 0.405. The molecule has 0 aliphatic carbocycles. The summed E-state index contributed by atoms with van der Waals surface area (Å²) >= 11 is 0. The molecule has 2 heterocycles. The summed E-state index contributed by atoms with van der Waals surface area (Å²) in [5, 5.41) is 17.3. The van der Waals surface area contributed by atoms with Crippen LogP contribution in [0.5, 0.6) is 17.2 Å². The summed E-state index contributed by atoms with van der Waals surface area (Å²) in [6.45, 7) is 1.03. The average Bonchev–Trinajstić information content (AvgIpc) is 3.02. The van der Waals surface area contributed by atoms with Crippen molar-refractivity contribution in [2.75, 3.05) is 6.54 Å². The summed E-state index contributed by atoms with van der Waals surface area (Å²) in [5.41, 5.74) is 0. The Morgan fingerprint density at radius 2 is 2.28 bits per heavy atom. The normalized spacial score (nSPS) is 19.0. The van der Waals surface area contributed by atoms with Crippen molar-refractivity contribution in [3.63, 3.8) is 0 Å². The molecule has 2 N–H and O–H groups in total. The molecule has 0 radical (unpaired) electrons. The van der Waals surface area contributed by atoms with Gasteiger partial charge in [-0.05, 0) is 31.5 Å². The first-order chi connectivity index (χ1) is 8.83. The number of rotatable bonds is 3. The molecular weight excluding hydrogens is 230 g/mol. The van der Waals surface area contributed by atoms with Gasteiger partial charge >= 0.3 is 0 Å². The number of nitrogens with zero attached hydrogens (tertiary/aromatic N) is 2. The molecule has 1 aliphatic rings. The van der Waals surface area contributed by atoms with Crippen LogP contribution >= 0.6 is 0 Å². The van der Waals surface area contributed by atoms with E-state index in [9.17, 15) is 5.11 Å². The number of para-hydroxylation sites is 2. The minimum atomic E-state index is 0.129. The predicted molar refractivity (Wildman–Crippen MR) is 66.7 cm³/mol. The molecule has 0 saturated carbocycles. The van der Waals surface area contributed by atoms with E-state index in [-0.39, 0.29) is 11.9 Å². The molecule has 1 fully saturated rings. The Morgan fingerprint density at radius 3 is 3.06 bits per heavy atom. The minimum absolute atomic E-state index is 0.129. The van der Waals surface area contributed by atoms with Crippen LogP contribution in [0.2, 0.25) is 0 Å². The molecule has 18 heavy (non-hydrogen) atoms. The van der Waals surface area contributed by atoms with Crippen LogP contribution in [0.15, 0.2) is 36.7 Å². The number of phenols is 1. The number of hydrogen-bond acceptors (Lipinski definition) is 4. The van der Waals surface area contributed by atoms with Gasteiger partial charge in [0.15, 0.2) is 17.2 Å². The summed E-state index contributed by atoms with van der Waals surface area (Å²) < 4.78 is 7.45. The predicted octanol–water partition coefficient (Wildman–Crippen LogP) is 2.26. The van der Waals surface area contributed by atoms with Crippen molar-refractivity contribution in [2.24, 2.45) is 0 Å². The van der Waals surface area contributed by atoms with Gasteiger partial charge in [0.2, 0.25) is 0 Å². The van der Waals surface area contributed by atoms with E-state index in [1.54, 1.807) is 24.4 Å². The molecule has 1 saturated heterocycles. The molecule has 1 aromatic heterocycles. The van der Waals surface area contributed by atoms with Crippen LogP contribution < -0.4 is 10.1 Å². The van der Waals surface area contributed by atoms with E-state index in [0.717, 1.165) is 13.0 Å². The van der Waals surface area contributed by atoms with Crippen LogP contribution in [0, 0.1) is 0 Å². The van der Waals surface area contributed by atoms with Crippen LogP contribution in [0.25, 0.3) is 0 Å². The number of benzene rings is 1. The number of aromatic hydroxyl groups is 1. The number of aromatic nitrogens is 2. The summed E-state index contributed by atoms with van der Waals surface area (Å²) in [6.07, 6.45) is 6.01. The molecule has 0 bridgehead atoms. The van der Waals surface area contributed by atoms with Crippen molar-refractivity contribution < 1.29 is 9.84 Å². The smallest absolute Gasteiger partial charge is 0.169 e. The van der Waals surface area contributed by atoms with E-state index in [1.807, 2.05) is 16.9 Å². The molecule has 1 aromatic carbocycles. The lowest BCUT2D eigenvalue weighted by Gasteiger charge is -2.09. The summed E-state index contributed by atoms with van der Waals surface area (Å²) in [5.74, 6) is 1.20. The van der Waals surface area contributed by atoms with Gasteiger partial charge in [0.05, 0.1) is 12.4 Å². The maximum absolute atomic E-state index is 9.63. The summed E-state index contributed by atoms with van der Waals surface area (Å²) in [7, 11) is 0. The first kappa shape index (κ1) is 11.1. The monoisotopic (exact) mass is 245 g/mol. The van der Waals surface area contributed by atoms with Crippen LogP contribution in [0.4, 0.5) is 0 Å². The Labute approximate surface area is 105 Å². The quantitative estimate of drug-likeness (QED) is 0.870. The molecular formula is C13H15N3O2. The minimum Gasteiger partial charge on any atom is -0.504 e. The Balaban J connectivity index is 1.75. The Hall–Kier alpha value is -2.01. The second kappa shape index (κ2) is 4.70. The fraction of sp³-hybridized carbons (Fsp3) is 0.308. The second-order valence-electron chi connectivity index (χ2n) is 4.34. The maximum atomic E-state index is 9.63. The van der Waals surface area contributed by atoms with Crippen molar-refractivity contribution in [1.82, 2.24) is 15.1 Å². The highest BCUT2D eigenvalue weighted by Gasteiger charge is 2.17. The highest BCUT2D eigenvalue weighted by molar-refractivity contribution is 5.40. The molecule has 94 valence electrons. The SMILES string of the molecule is Oc1ccccc1Oc1cnn(C2CCCN2)c1. The van der Waals surface area contributed by atoms with Gasteiger partial charge in [-0.1, -0.05) is 12.1 Å². The van der Waals surface area contributed by atoms with E-state index >= 15 is 0 Å². The molecule has 1 aliphatic heterocycles. The highest BCUT2D eigenvalue weighted by atomic mass is 16.5. The largest absolute Gasteiger partial charge is 0.504 e. The van der Waals surface area contributed by atoms with Gasteiger partial charge in [-0.15, -0.1) is 0 Å². The van der Waals surface area contributed by atoms with Crippen LogP contribution in [0.1, 0.15) is 19.0 Å². The van der Waals surface area contributed by atoms with E-state index in [4.69, 9.17) is 4.74 Å². The Morgan fingerprint density at radius 1 is 1.39 bits per heavy atom. The molecule has 0 spiro atoms. The van der Waals surface area contributed by atoms with Gasteiger partial charge in [-0.25, -0.2) is 0 Å². The zero-order chi connectivity index (χ0) is 12.4. The van der Waals surface area contributed by atoms with Crippen molar-refractivity contribution in [3.8, 4) is 17.2 Å². The molecule has 2 aromatic rings. The van der Waals surface area contributed by atoms with Crippen LogP contribution in [0.3, 0.4) is 0 Å². The average molecular weight is 245 g/mol. The number of phenolic OH excluding ortho intramolecular Hbond substituents is 1.